The van der Waals surface area contributed by atoms with Gasteiger partial charge in [0.2, 0.25) is 0 Å². The fourth-order valence-corrected chi connectivity index (χ4v) is 1.42. The van der Waals surface area contributed by atoms with Crippen molar-refractivity contribution in [3.63, 3.8) is 0 Å². The van der Waals surface area contributed by atoms with E-state index in [0.717, 1.165) is 32.8 Å². The predicted octanol–water partition coefficient (Wildman–Crippen LogP) is 1.34. The summed E-state index contributed by atoms with van der Waals surface area (Å²) < 4.78 is 5.09. The Balaban J connectivity index is 3.52. The van der Waals surface area contributed by atoms with Crippen LogP contribution in [-0.2, 0) is 4.74 Å². The zero-order valence-electron chi connectivity index (χ0n) is 10.2. The van der Waals surface area contributed by atoms with E-state index in [1.165, 1.54) is 6.42 Å². The van der Waals surface area contributed by atoms with Crippen LogP contribution in [0.1, 0.15) is 27.2 Å². The fourth-order valence-electron chi connectivity index (χ4n) is 1.42. The van der Waals surface area contributed by atoms with Gasteiger partial charge in [-0.05, 0) is 39.9 Å². The number of hydrogen-bond acceptors (Lipinski definition) is 3. The third kappa shape index (κ3) is 7.30. The highest BCUT2D eigenvalue weighted by Crippen LogP contribution is 1.98. The molecule has 0 aliphatic heterocycles. The first-order valence-corrected chi connectivity index (χ1v) is 5.66. The van der Waals surface area contributed by atoms with E-state index in [0.29, 0.717) is 6.04 Å². The summed E-state index contributed by atoms with van der Waals surface area (Å²) in [5.74, 6) is 0. The lowest BCUT2D eigenvalue weighted by Gasteiger charge is -2.26. The molecule has 0 atom stereocenters. The summed E-state index contributed by atoms with van der Waals surface area (Å²) in [6.07, 6.45) is 1.22. The molecule has 0 aromatic heterocycles. The summed E-state index contributed by atoms with van der Waals surface area (Å²) in [6, 6.07) is 0.617. The second-order valence-electron chi connectivity index (χ2n) is 3.83. The van der Waals surface area contributed by atoms with E-state index in [1.807, 2.05) is 0 Å². The van der Waals surface area contributed by atoms with Crippen molar-refractivity contribution in [3.05, 3.63) is 0 Å². The van der Waals surface area contributed by atoms with Crippen LogP contribution in [0, 0.1) is 0 Å². The van der Waals surface area contributed by atoms with E-state index in [9.17, 15) is 0 Å². The molecule has 0 amide bonds. The Bertz CT molecular complexity index is 118. The molecule has 14 heavy (non-hydrogen) atoms. The molecule has 0 aromatic carbocycles. The maximum atomic E-state index is 5.09. The van der Waals surface area contributed by atoms with Crippen molar-refractivity contribution in [2.75, 3.05) is 39.9 Å². The van der Waals surface area contributed by atoms with Crippen LogP contribution < -0.4 is 5.32 Å². The van der Waals surface area contributed by atoms with Crippen LogP contribution in [0.3, 0.4) is 0 Å². The zero-order valence-corrected chi connectivity index (χ0v) is 10.2. The molecule has 0 spiro atoms. The number of nitrogens with one attached hydrogen (secondary N) is 1. The van der Waals surface area contributed by atoms with Crippen molar-refractivity contribution in [2.24, 2.45) is 0 Å². The quantitative estimate of drug-likeness (QED) is 0.571. The molecule has 3 heteroatoms. The van der Waals surface area contributed by atoms with Gasteiger partial charge in [-0.15, -0.1) is 0 Å². The lowest BCUT2D eigenvalue weighted by atomic mass is 10.3. The van der Waals surface area contributed by atoms with Gasteiger partial charge < -0.3 is 10.1 Å². The first-order chi connectivity index (χ1) is 6.72. The summed E-state index contributed by atoms with van der Waals surface area (Å²) in [7, 11) is 1.76. The topological polar surface area (TPSA) is 24.5 Å². The molecular formula is C11H26N2O. The van der Waals surface area contributed by atoms with Crippen LogP contribution in [0.4, 0.5) is 0 Å². The summed E-state index contributed by atoms with van der Waals surface area (Å²) in [5.41, 5.74) is 0. The minimum Gasteiger partial charge on any atom is -0.383 e. The van der Waals surface area contributed by atoms with Gasteiger partial charge in [0, 0.05) is 19.7 Å². The molecule has 3 nitrogen and oxygen atoms in total. The molecule has 0 bridgehead atoms. The summed E-state index contributed by atoms with van der Waals surface area (Å²) >= 11 is 0. The summed E-state index contributed by atoms with van der Waals surface area (Å²) in [5, 5.41) is 3.34. The van der Waals surface area contributed by atoms with Crippen LogP contribution >= 0.6 is 0 Å². The van der Waals surface area contributed by atoms with Crippen LogP contribution in [0.2, 0.25) is 0 Å². The van der Waals surface area contributed by atoms with Gasteiger partial charge in [0.15, 0.2) is 0 Å². The lowest BCUT2D eigenvalue weighted by molar-refractivity contribution is 0.128. The highest BCUT2D eigenvalue weighted by atomic mass is 16.5. The Morgan fingerprint density at radius 2 is 2.00 bits per heavy atom. The molecule has 86 valence electrons. The molecule has 1 N–H and O–H groups in total. The third-order valence-corrected chi connectivity index (χ3v) is 2.36. The Kier molecular flexibility index (Phi) is 9.35. The van der Waals surface area contributed by atoms with Crippen molar-refractivity contribution < 1.29 is 4.74 Å². The molecule has 0 unspecified atom stereocenters. The van der Waals surface area contributed by atoms with Crippen LogP contribution in [0.15, 0.2) is 0 Å². The lowest BCUT2D eigenvalue weighted by Crippen LogP contribution is -2.35. The summed E-state index contributed by atoms with van der Waals surface area (Å²) in [6.45, 7) is 11.8. The first kappa shape index (κ1) is 13.9. The zero-order chi connectivity index (χ0) is 10.8. The van der Waals surface area contributed by atoms with Gasteiger partial charge in [0.1, 0.15) is 0 Å². The molecule has 0 rings (SSSR count). The van der Waals surface area contributed by atoms with Gasteiger partial charge in [0.25, 0.3) is 0 Å². The van der Waals surface area contributed by atoms with Gasteiger partial charge in [-0.2, -0.15) is 0 Å². The normalized spacial score (nSPS) is 11.6. The van der Waals surface area contributed by atoms with Crippen molar-refractivity contribution in [1.29, 1.82) is 0 Å². The number of ether oxygens (including phenoxy) is 1. The largest absolute Gasteiger partial charge is 0.383 e. The van der Waals surface area contributed by atoms with E-state index in [2.05, 4.69) is 31.0 Å². The molecule has 0 radical (unpaired) electrons. The molecule has 0 aliphatic rings. The van der Waals surface area contributed by atoms with E-state index < -0.39 is 0 Å². The number of rotatable bonds is 9. The van der Waals surface area contributed by atoms with E-state index in [1.54, 1.807) is 7.11 Å². The van der Waals surface area contributed by atoms with Crippen molar-refractivity contribution in [1.82, 2.24) is 10.2 Å². The average molecular weight is 202 g/mol. The molecule has 0 saturated carbocycles. The smallest absolute Gasteiger partial charge is 0.0589 e. The fraction of sp³-hybridized carbons (Fsp3) is 1.00. The highest BCUT2D eigenvalue weighted by molar-refractivity contribution is 4.63. The SMILES string of the molecule is CCNCCCN(CCOC)C(C)C. The third-order valence-electron chi connectivity index (χ3n) is 2.36. The minimum absolute atomic E-state index is 0.617. The van der Waals surface area contributed by atoms with Gasteiger partial charge in [-0.3, -0.25) is 4.90 Å². The summed E-state index contributed by atoms with van der Waals surface area (Å²) in [4.78, 5) is 2.46. The molecule has 0 aromatic rings. The van der Waals surface area contributed by atoms with Crippen LogP contribution in [-0.4, -0.2) is 50.8 Å². The highest BCUT2D eigenvalue weighted by Gasteiger charge is 2.07. The monoisotopic (exact) mass is 202 g/mol. The van der Waals surface area contributed by atoms with Gasteiger partial charge >= 0.3 is 0 Å². The second kappa shape index (κ2) is 9.44. The Hall–Kier alpha value is -0.120. The number of methoxy groups -OCH3 is 1. The van der Waals surface area contributed by atoms with E-state index in [-0.39, 0.29) is 0 Å². The van der Waals surface area contributed by atoms with Crippen molar-refractivity contribution in [2.45, 2.75) is 33.2 Å². The number of nitrogens with zero attached hydrogens (tertiary/aromatic N) is 1. The van der Waals surface area contributed by atoms with E-state index in [4.69, 9.17) is 4.74 Å². The Labute approximate surface area is 88.8 Å². The van der Waals surface area contributed by atoms with Gasteiger partial charge in [0.05, 0.1) is 6.61 Å². The van der Waals surface area contributed by atoms with E-state index >= 15 is 0 Å². The van der Waals surface area contributed by atoms with Crippen LogP contribution in [0.5, 0.6) is 0 Å². The predicted molar refractivity (Wildman–Crippen MR) is 61.7 cm³/mol. The molecule has 0 fully saturated rings. The van der Waals surface area contributed by atoms with Gasteiger partial charge in [-0.25, -0.2) is 0 Å². The maximum absolute atomic E-state index is 5.09. The van der Waals surface area contributed by atoms with Crippen molar-refractivity contribution in [3.8, 4) is 0 Å². The Morgan fingerprint density at radius 3 is 2.50 bits per heavy atom. The molecule has 0 aliphatic carbocycles. The minimum atomic E-state index is 0.617. The Morgan fingerprint density at radius 1 is 1.29 bits per heavy atom. The van der Waals surface area contributed by atoms with Crippen molar-refractivity contribution >= 4 is 0 Å². The van der Waals surface area contributed by atoms with Gasteiger partial charge in [-0.1, -0.05) is 6.92 Å². The average Bonchev–Trinajstić information content (AvgIpc) is 2.16. The molecular weight excluding hydrogens is 176 g/mol. The number of hydrogen-bond donors (Lipinski definition) is 1. The van der Waals surface area contributed by atoms with Crippen LogP contribution in [0.25, 0.3) is 0 Å². The second-order valence-corrected chi connectivity index (χ2v) is 3.83. The molecule has 0 saturated heterocycles. The standard InChI is InChI=1S/C11H26N2O/c1-5-12-7-6-8-13(11(2)3)9-10-14-4/h11-12H,5-10H2,1-4H3. The first-order valence-electron chi connectivity index (χ1n) is 5.66. The molecule has 0 heterocycles. The maximum Gasteiger partial charge on any atom is 0.0589 e.